The van der Waals surface area contributed by atoms with Gasteiger partial charge in [0.1, 0.15) is 5.75 Å². The normalized spacial score (nSPS) is 13.1. The maximum absolute atomic E-state index is 5.53. The third kappa shape index (κ3) is 6.66. The van der Waals surface area contributed by atoms with Crippen LogP contribution in [0.15, 0.2) is 54.7 Å². The number of rotatable bonds is 9. The molecule has 0 radical (unpaired) electrons. The van der Waals surface area contributed by atoms with Crippen LogP contribution in [-0.4, -0.2) is 52.6 Å². The van der Waals surface area contributed by atoms with Crippen molar-refractivity contribution in [3.05, 3.63) is 60.3 Å². The predicted molar refractivity (Wildman–Crippen MR) is 149 cm³/mol. The largest absolute Gasteiger partial charge is 0.497 e. The van der Waals surface area contributed by atoms with Crippen molar-refractivity contribution >= 4 is 30.5 Å². The maximum atomic E-state index is 5.53. The standard InChI is InChI=1S/C27H33N3O4.2ClH/c1-31-23-7-5-21(6-8-23)30(22-10-12-28-13-11-22)18-19-9-14-29-24(15-19)20-16-25(32-2)27(34-4)26(17-20)33-3;;/h5-9,14-17,22,28H,10-13,18H2,1-4H3;2*1H. The van der Waals surface area contributed by atoms with Gasteiger partial charge < -0.3 is 29.2 Å². The number of aromatic nitrogens is 1. The Morgan fingerprint density at radius 2 is 1.47 bits per heavy atom. The number of piperidine rings is 1. The Kier molecular flexibility index (Phi) is 11.4. The number of nitrogens with one attached hydrogen (secondary N) is 1. The lowest BCUT2D eigenvalue weighted by Crippen LogP contribution is -2.43. The summed E-state index contributed by atoms with van der Waals surface area (Å²) in [5.74, 6) is 2.65. The van der Waals surface area contributed by atoms with Crippen LogP contribution in [0.4, 0.5) is 5.69 Å². The third-order valence-electron chi connectivity index (χ3n) is 6.29. The Labute approximate surface area is 225 Å². The van der Waals surface area contributed by atoms with Gasteiger partial charge in [-0.2, -0.15) is 0 Å². The van der Waals surface area contributed by atoms with Crippen LogP contribution in [0.25, 0.3) is 11.3 Å². The SMILES string of the molecule is COc1ccc(N(Cc2ccnc(-c3cc(OC)c(OC)c(OC)c3)c2)C2CCNCC2)cc1.Cl.Cl. The van der Waals surface area contributed by atoms with Crippen molar-refractivity contribution in [2.24, 2.45) is 0 Å². The number of methoxy groups -OCH3 is 4. The first-order chi connectivity index (χ1) is 16.7. The van der Waals surface area contributed by atoms with Crippen molar-refractivity contribution < 1.29 is 18.9 Å². The first kappa shape index (κ1) is 29.4. The van der Waals surface area contributed by atoms with Crippen molar-refractivity contribution in [3.63, 3.8) is 0 Å². The number of halogens is 2. The Morgan fingerprint density at radius 3 is 2.03 bits per heavy atom. The van der Waals surface area contributed by atoms with E-state index in [0.29, 0.717) is 23.3 Å². The molecule has 0 amide bonds. The minimum absolute atomic E-state index is 0. The molecule has 1 aliphatic rings. The van der Waals surface area contributed by atoms with E-state index in [2.05, 4.69) is 39.5 Å². The second-order valence-electron chi connectivity index (χ2n) is 8.27. The molecule has 7 nitrogen and oxygen atoms in total. The molecule has 0 bridgehead atoms. The highest BCUT2D eigenvalue weighted by atomic mass is 35.5. The van der Waals surface area contributed by atoms with E-state index in [1.807, 2.05) is 30.5 Å². The molecule has 1 aromatic heterocycles. The number of hydrogen-bond donors (Lipinski definition) is 1. The molecule has 0 atom stereocenters. The molecule has 1 saturated heterocycles. The van der Waals surface area contributed by atoms with Crippen LogP contribution in [0.3, 0.4) is 0 Å². The van der Waals surface area contributed by atoms with Gasteiger partial charge in [-0.05, 0) is 80.0 Å². The lowest BCUT2D eigenvalue weighted by Gasteiger charge is -2.36. The highest BCUT2D eigenvalue weighted by Gasteiger charge is 2.22. The van der Waals surface area contributed by atoms with E-state index >= 15 is 0 Å². The molecule has 3 aromatic rings. The van der Waals surface area contributed by atoms with E-state index in [0.717, 1.165) is 49.5 Å². The molecule has 2 aromatic carbocycles. The van der Waals surface area contributed by atoms with Gasteiger partial charge in [0.15, 0.2) is 11.5 Å². The summed E-state index contributed by atoms with van der Waals surface area (Å²) in [6.45, 7) is 2.85. The van der Waals surface area contributed by atoms with Gasteiger partial charge in [0.25, 0.3) is 0 Å². The molecule has 1 N–H and O–H groups in total. The molecule has 4 rings (SSSR count). The molecular formula is C27H35Cl2N3O4. The van der Waals surface area contributed by atoms with Crippen molar-refractivity contribution in [2.75, 3.05) is 46.4 Å². The number of benzene rings is 2. The summed E-state index contributed by atoms with van der Waals surface area (Å²) < 4.78 is 21.9. The van der Waals surface area contributed by atoms with Crippen molar-refractivity contribution in [2.45, 2.75) is 25.4 Å². The summed E-state index contributed by atoms with van der Waals surface area (Å²) in [6, 6.07) is 16.9. The summed E-state index contributed by atoms with van der Waals surface area (Å²) >= 11 is 0. The lowest BCUT2D eigenvalue weighted by atomic mass is 10.0. The van der Waals surface area contributed by atoms with Gasteiger partial charge >= 0.3 is 0 Å². The summed E-state index contributed by atoms with van der Waals surface area (Å²) in [5.41, 5.74) is 4.15. The van der Waals surface area contributed by atoms with E-state index in [4.69, 9.17) is 18.9 Å². The molecule has 0 aliphatic carbocycles. The summed E-state index contributed by atoms with van der Waals surface area (Å²) in [4.78, 5) is 7.13. The van der Waals surface area contributed by atoms with Gasteiger partial charge in [0, 0.05) is 30.0 Å². The monoisotopic (exact) mass is 535 g/mol. The molecule has 1 fully saturated rings. The van der Waals surface area contributed by atoms with E-state index in [1.165, 1.54) is 11.3 Å². The van der Waals surface area contributed by atoms with Crippen LogP contribution in [0.1, 0.15) is 18.4 Å². The summed E-state index contributed by atoms with van der Waals surface area (Å²) in [7, 11) is 6.54. The summed E-state index contributed by atoms with van der Waals surface area (Å²) in [5, 5.41) is 3.47. The Balaban J connectivity index is 0.00000228. The van der Waals surface area contributed by atoms with Gasteiger partial charge in [0.05, 0.1) is 34.1 Å². The van der Waals surface area contributed by atoms with Gasteiger partial charge in [-0.15, -0.1) is 24.8 Å². The highest BCUT2D eigenvalue weighted by molar-refractivity contribution is 5.85. The zero-order chi connectivity index (χ0) is 23.9. The number of pyridine rings is 1. The molecule has 2 heterocycles. The fraction of sp³-hybridized carbons (Fsp3) is 0.370. The van der Waals surface area contributed by atoms with E-state index in [-0.39, 0.29) is 24.8 Å². The Bertz CT molecular complexity index is 1070. The first-order valence-corrected chi connectivity index (χ1v) is 11.5. The average molecular weight is 537 g/mol. The van der Waals surface area contributed by atoms with Crippen molar-refractivity contribution in [1.82, 2.24) is 10.3 Å². The highest BCUT2D eigenvalue weighted by Crippen LogP contribution is 2.41. The molecule has 9 heteroatoms. The van der Waals surface area contributed by atoms with E-state index in [1.54, 1.807) is 28.4 Å². The average Bonchev–Trinajstić information content (AvgIpc) is 2.91. The Morgan fingerprint density at radius 1 is 0.833 bits per heavy atom. The minimum Gasteiger partial charge on any atom is -0.497 e. The molecule has 0 spiro atoms. The molecule has 196 valence electrons. The molecule has 0 saturated carbocycles. The van der Waals surface area contributed by atoms with Crippen LogP contribution in [0.2, 0.25) is 0 Å². The number of anilines is 1. The molecule has 36 heavy (non-hydrogen) atoms. The van der Waals surface area contributed by atoms with Crippen LogP contribution in [-0.2, 0) is 6.54 Å². The van der Waals surface area contributed by atoms with Gasteiger partial charge in [-0.1, -0.05) is 0 Å². The fourth-order valence-electron chi connectivity index (χ4n) is 4.48. The van der Waals surface area contributed by atoms with Gasteiger partial charge in [-0.3, -0.25) is 4.98 Å². The number of nitrogens with zero attached hydrogens (tertiary/aromatic N) is 2. The lowest BCUT2D eigenvalue weighted by molar-refractivity contribution is 0.324. The van der Waals surface area contributed by atoms with E-state index < -0.39 is 0 Å². The van der Waals surface area contributed by atoms with Crippen LogP contribution < -0.4 is 29.2 Å². The number of hydrogen-bond acceptors (Lipinski definition) is 7. The minimum atomic E-state index is 0. The molecule has 0 unspecified atom stereocenters. The second-order valence-corrected chi connectivity index (χ2v) is 8.27. The topological polar surface area (TPSA) is 65.1 Å². The molecule has 1 aliphatic heterocycles. The van der Waals surface area contributed by atoms with Crippen molar-refractivity contribution in [3.8, 4) is 34.3 Å². The predicted octanol–water partition coefficient (Wildman–Crippen LogP) is 5.39. The van der Waals surface area contributed by atoms with Crippen LogP contribution in [0, 0.1) is 0 Å². The van der Waals surface area contributed by atoms with E-state index in [9.17, 15) is 0 Å². The quantitative estimate of drug-likeness (QED) is 0.394. The third-order valence-corrected chi connectivity index (χ3v) is 6.29. The zero-order valence-electron chi connectivity index (χ0n) is 21.2. The first-order valence-electron chi connectivity index (χ1n) is 11.5. The zero-order valence-corrected chi connectivity index (χ0v) is 22.8. The maximum Gasteiger partial charge on any atom is 0.203 e. The fourth-order valence-corrected chi connectivity index (χ4v) is 4.48. The van der Waals surface area contributed by atoms with Crippen LogP contribution in [0.5, 0.6) is 23.0 Å². The smallest absolute Gasteiger partial charge is 0.203 e. The van der Waals surface area contributed by atoms with Gasteiger partial charge in [0.2, 0.25) is 5.75 Å². The van der Waals surface area contributed by atoms with Crippen molar-refractivity contribution in [1.29, 1.82) is 0 Å². The Hall–Kier alpha value is -2.87. The molecular weight excluding hydrogens is 501 g/mol. The summed E-state index contributed by atoms with van der Waals surface area (Å²) in [6.07, 6.45) is 4.08. The van der Waals surface area contributed by atoms with Crippen LogP contribution >= 0.6 is 24.8 Å². The second kappa shape index (κ2) is 14.0. The van der Waals surface area contributed by atoms with Gasteiger partial charge in [-0.25, -0.2) is 0 Å². The number of ether oxygens (including phenoxy) is 4.